The summed E-state index contributed by atoms with van der Waals surface area (Å²) in [6, 6.07) is 8.59. The van der Waals surface area contributed by atoms with Crippen molar-refractivity contribution in [2.75, 3.05) is 37.8 Å². The zero-order chi connectivity index (χ0) is 19.6. The summed E-state index contributed by atoms with van der Waals surface area (Å²) < 4.78 is 19.3. The zero-order valence-electron chi connectivity index (χ0n) is 16.7. The van der Waals surface area contributed by atoms with Crippen molar-refractivity contribution in [2.45, 2.75) is 25.7 Å². The van der Waals surface area contributed by atoms with Crippen molar-refractivity contribution in [3.63, 3.8) is 0 Å². The number of thiazole rings is 1. The Labute approximate surface area is 174 Å². The molecule has 0 aliphatic carbocycles. The first-order chi connectivity index (χ1) is 14.2. The number of anilines is 1. The molecule has 2 aromatic carbocycles. The Hall–Kier alpha value is -2.47. The number of benzene rings is 2. The van der Waals surface area contributed by atoms with Crippen LogP contribution in [0.3, 0.4) is 0 Å². The average molecular weight is 409 g/mol. The molecule has 1 aromatic heterocycles. The van der Waals surface area contributed by atoms with Crippen LogP contribution < -0.4 is 19.1 Å². The number of rotatable bonds is 3. The van der Waals surface area contributed by atoms with E-state index < -0.39 is 0 Å². The van der Waals surface area contributed by atoms with E-state index >= 15 is 0 Å². The van der Waals surface area contributed by atoms with Crippen LogP contribution in [0.5, 0.6) is 17.2 Å². The van der Waals surface area contributed by atoms with Crippen LogP contribution in [0.1, 0.15) is 31.4 Å². The number of nitrogens with zero attached hydrogens (tertiary/aromatic N) is 2. The minimum atomic E-state index is -0.191. The van der Waals surface area contributed by atoms with Crippen molar-refractivity contribution < 1.29 is 14.2 Å². The molecule has 4 heterocycles. The fraction of sp³-hybridized carbons (Fsp3) is 0.435. The van der Waals surface area contributed by atoms with Crippen molar-refractivity contribution >= 4 is 27.2 Å². The lowest BCUT2D eigenvalue weighted by atomic mass is 9.77. The second-order valence-corrected chi connectivity index (χ2v) is 9.48. The Bertz CT molecular complexity index is 1110. The molecule has 0 radical (unpaired) electrons. The van der Waals surface area contributed by atoms with Crippen LogP contribution in [-0.2, 0) is 5.41 Å². The van der Waals surface area contributed by atoms with Gasteiger partial charge in [-0.25, -0.2) is 4.98 Å². The molecule has 29 heavy (non-hydrogen) atoms. The molecule has 0 fully saturated rings. The van der Waals surface area contributed by atoms with Crippen LogP contribution in [0.25, 0.3) is 10.2 Å². The predicted molar refractivity (Wildman–Crippen MR) is 115 cm³/mol. The molecular weight excluding hydrogens is 384 g/mol. The van der Waals surface area contributed by atoms with E-state index in [1.54, 1.807) is 11.3 Å². The van der Waals surface area contributed by atoms with Crippen molar-refractivity contribution in [3.8, 4) is 17.2 Å². The summed E-state index contributed by atoms with van der Waals surface area (Å²) in [4.78, 5) is 7.14. The molecule has 0 saturated carbocycles. The maximum Gasteiger partial charge on any atom is 0.165 e. The smallest absolute Gasteiger partial charge is 0.165 e. The zero-order valence-corrected chi connectivity index (χ0v) is 17.6. The molecule has 5 nitrogen and oxygen atoms in total. The number of hydrogen-bond acceptors (Lipinski definition) is 6. The van der Waals surface area contributed by atoms with Gasteiger partial charge in [-0.3, -0.25) is 0 Å². The van der Waals surface area contributed by atoms with Crippen LogP contribution in [0, 0.1) is 5.92 Å². The van der Waals surface area contributed by atoms with Gasteiger partial charge in [-0.1, -0.05) is 13.8 Å². The van der Waals surface area contributed by atoms with Crippen molar-refractivity contribution in [1.82, 2.24) is 4.98 Å². The topological polar surface area (TPSA) is 43.8 Å². The quantitative estimate of drug-likeness (QED) is 0.633. The molecule has 3 aliphatic heterocycles. The highest BCUT2D eigenvalue weighted by molar-refractivity contribution is 7.17. The average Bonchev–Trinajstić information content (AvgIpc) is 3.42. The summed E-state index contributed by atoms with van der Waals surface area (Å²) >= 11 is 1.73. The Morgan fingerprint density at radius 2 is 1.93 bits per heavy atom. The number of fused-ring (bicyclic) bond motifs is 7. The van der Waals surface area contributed by atoms with Crippen molar-refractivity contribution in [2.24, 2.45) is 5.92 Å². The number of aromatic nitrogens is 1. The summed E-state index contributed by atoms with van der Waals surface area (Å²) in [5, 5.41) is 0. The lowest BCUT2D eigenvalue weighted by Crippen LogP contribution is -2.36. The molecule has 150 valence electrons. The molecule has 0 amide bonds. The van der Waals surface area contributed by atoms with E-state index in [1.165, 1.54) is 27.9 Å². The summed E-state index contributed by atoms with van der Waals surface area (Å²) in [7, 11) is 0. The second-order valence-electron chi connectivity index (χ2n) is 8.63. The SMILES string of the molecule is CC(C)CCN1CC2(COc3cc4c(cc32)OCCO4)c2c1ccc1ncsc21. The maximum absolute atomic E-state index is 6.28. The van der Waals surface area contributed by atoms with Gasteiger partial charge in [0.1, 0.15) is 25.6 Å². The Kier molecular flexibility index (Phi) is 3.76. The van der Waals surface area contributed by atoms with E-state index in [4.69, 9.17) is 14.2 Å². The lowest BCUT2D eigenvalue weighted by molar-refractivity contribution is 0.171. The first kappa shape index (κ1) is 17.4. The van der Waals surface area contributed by atoms with E-state index in [2.05, 4.69) is 41.9 Å². The highest BCUT2D eigenvalue weighted by atomic mass is 32.1. The van der Waals surface area contributed by atoms with Gasteiger partial charge < -0.3 is 19.1 Å². The largest absolute Gasteiger partial charge is 0.492 e. The van der Waals surface area contributed by atoms with Crippen molar-refractivity contribution in [3.05, 3.63) is 40.9 Å². The van der Waals surface area contributed by atoms with E-state index in [9.17, 15) is 0 Å². The van der Waals surface area contributed by atoms with E-state index in [1.807, 2.05) is 11.6 Å². The van der Waals surface area contributed by atoms with Gasteiger partial charge in [0.2, 0.25) is 0 Å². The Morgan fingerprint density at radius 3 is 2.76 bits per heavy atom. The van der Waals surface area contributed by atoms with Gasteiger partial charge in [-0.15, -0.1) is 11.3 Å². The van der Waals surface area contributed by atoms with Crippen LogP contribution in [0.15, 0.2) is 29.8 Å². The monoisotopic (exact) mass is 408 g/mol. The molecule has 3 aliphatic rings. The van der Waals surface area contributed by atoms with Gasteiger partial charge in [0.15, 0.2) is 11.5 Å². The Balaban J connectivity index is 1.54. The Morgan fingerprint density at radius 1 is 1.10 bits per heavy atom. The summed E-state index contributed by atoms with van der Waals surface area (Å²) in [5.74, 6) is 3.22. The molecule has 3 aromatic rings. The first-order valence-corrected chi connectivity index (χ1v) is 11.2. The van der Waals surface area contributed by atoms with Crippen molar-refractivity contribution in [1.29, 1.82) is 0 Å². The molecule has 1 spiro atoms. The predicted octanol–water partition coefficient (Wildman–Crippen LogP) is 4.61. The number of ether oxygens (including phenoxy) is 3. The van der Waals surface area contributed by atoms with Crippen LogP contribution in [0.2, 0.25) is 0 Å². The van der Waals surface area contributed by atoms with Gasteiger partial charge >= 0.3 is 0 Å². The lowest BCUT2D eigenvalue weighted by Gasteiger charge is -2.26. The van der Waals surface area contributed by atoms with Gasteiger partial charge in [-0.2, -0.15) is 0 Å². The normalized spacial score (nSPS) is 21.7. The third kappa shape index (κ3) is 2.48. The van der Waals surface area contributed by atoms with E-state index in [0.29, 0.717) is 25.7 Å². The summed E-state index contributed by atoms with van der Waals surface area (Å²) in [5.41, 5.74) is 6.76. The molecule has 1 atom stereocenters. The van der Waals surface area contributed by atoms with Gasteiger partial charge in [-0.05, 0) is 30.5 Å². The van der Waals surface area contributed by atoms with Crippen LogP contribution in [-0.4, -0.2) is 37.9 Å². The molecule has 6 rings (SSSR count). The molecule has 0 saturated heterocycles. The summed E-state index contributed by atoms with van der Waals surface area (Å²) in [6.07, 6.45) is 1.17. The minimum absolute atomic E-state index is 0.191. The summed E-state index contributed by atoms with van der Waals surface area (Å²) in [6.45, 7) is 8.39. The standard InChI is InChI=1S/C23H24N2O3S/c1-14(2)5-6-25-11-23(21-17(25)4-3-16-22(21)29-13-24-16)12-28-18-10-20-19(9-15(18)23)26-7-8-27-20/h3-4,9-10,13-14H,5-8,11-12H2,1-2H3. The van der Waals surface area contributed by atoms with Crippen LogP contribution in [0.4, 0.5) is 5.69 Å². The van der Waals surface area contributed by atoms with E-state index in [-0.39, 0.29) is 5.41 Å². The molecular formula is C23H24N2O3S. The number of hydrogen-bond donors (Lipinski definition) is 0. The molecule has 6 heteroatoms. The molecule has 0 bridgehead atoms. The molecule has 1 unspecified atom stereocenters. The molecule has 0 N–H and O–H groups in total. The highest BCUT2D eigenvalue weighted by Gasteiger charge is 2.51. The maximum atomic E-state index is 6.28. The van der Waals surface area contributed by atoms with Gasteiger partial charge in [0.05, 0.1) is 21.1 Å². The second kappa shape index (κ2) is 6.26. The van der Waals surface area contributed by atoms with E-state index in [0.717, 1.165) is 35.9 Å². The fourth-order valence-corrected chi connectivity index (χ4v) is 5.86. The van der Waals surface area contributed by atoms with Crippen LogP contribution >= 0.6 is 11.3 Å². The van der Waals surface area contributed by atoms with Gasteiger partial charge in [0.25, 0.3) is 0 Å². The third-order valence-electron chi connectivity index (χ3n) is 6.37. The van der Waals surface area contributed by atoms with Gasteiger partial charge in [0, 0.05) is 36.0 Å². The minimum Gasteiger partial charge on any atom is -0.492 e. The third-order valence-corrected chi connectivity index (χ3v) is 7.23. The highest BCUT2D eigenvalue weighted by Crippen LogP contribution is 2.56. The first-order valence-electron chi connectivity index (χ1n) is 10.3. The fourth-order valence-electron chi connectivity index (χ4n) is 4.93.